The zero-order chi connectivity index (χ0) is 55.1. The number of aliphatic hydroxyl groups is 1. The largest absolute Gasteiger partial charge is 0.758 e. The first-order valence-electron chi connectivity index (χ1n) is 27.2. The van der Waals surface area contributed by atoms with Crippen LogP contribution in [0, 0.1) is 29.3 Å². The third-order valence-electron chi connectivity index (χ3n) is 17.0. The predicted molar refractivity (Wildman–Crippen MR) is 301 cm³/mol. The minimum Gasteiger partial charge on any atom is -0.758 e. The Morgan fingerprint density at radius 1 is 0.962 bits per heavy atom. The highest BCUT2D eigenvalue weighted by Crippen LogP contribution is 2.54. The lowest BCUT2D eigenvalue weighted by Crippen LogP contribution is -2.60. The van der Waals surface area contributed by atoms with Crippen molar-refractivity contribution >= 4 is 44.2 Å². The molecule has 1 amide bonds. The Kier molecular flexibility index (Phi) is 15.7. The van der Waals surface area contributed by atoms with Crippen LogP contribution in [0.25, 0.3) is 11.0 Å². The lowest BCUT2D eigenvalue weighted by atomic mass is 9.59. The predicted octanol–water partition coefficient (Wildman–Crippen LogP) is 10.1. The average molecular weight is 1090 g/mol. The Hall–Kier alpha value is -6.51. The van der Waals surface area contributed by atoms with Crippen LogP contribution in [0.4, 0.5) is 21.6 Å². The number of hydrogen-bond donors (Lipinski definition) is 4. The number of methoxy groups -OCH3 is 2. The molecule has 4 N–H and O–H groups in total. The topological polar surface area (TPSA) is 201 Å². The highest BCUT2D eigenvalue weighted by Gasteiger charge is 2.50. The number of hydroxylamine groups is 1. The van der Waals surface area contributed by atoms with Crippen LogP contribution in [-0.4, -0.2) is 116 Å². The smallest absolute Gasteiger partial charge is 0.268 e. The highest BCUT2D eigenvalue weighted by molar-refractivity contribution is 7.90. The second-order valence-corrected chi connectivity index (χ2v) is 24.4. The maximum Gasteiger partial charge on any atom is 0.268 e. The summed E-state index contributed by atoms with van der Waals surface area (Å²) >= 11 is 0. The van der Waals surface area contributed by atoms with Crippen molar-refractivity contribution in [1.29, 1.82) is 0 Å². The van der Waals surface area contributed by atoms with Crippen molar-refractivity contribution < 1.29 is 36.9 Å². The normalized spacial score (nSPS) is 21.1. The average Bonchev–Trinajstić information content (AvgIpc) is 3.89. The van der Waals surface area contributed by atoms with Crippen molar-refractivity contribution in [1.82, 2.24) is 29.5 Å². The monoisotopic (exact) mass is 1090 g/mol. The fourth-order valence-electron chi connectivity index (χ4n) is 12.3. The summed E-state index contributed by atoms with van der Waals surface area (Å²) in [6.45, 7) is 14.2. The molecule has 17 nitrogen and oxygen atoms in total. The van der Waals surface area contributed by atoms with Crippen LogP contribution in [0.3, 0.4) is 0 Å². The van der Waals surface area contributed by atoms with E-state index in [0.717, 1.165) is 101 Å². The number of halogens is 1. The molecule has 416 valence electrons. The van der Waals surface area contributed by atoms with Gasteiger partial charge in [-0.1, -0.05) is 50.2 Å². The van der Waals surface area contributed by atoms with Crippen molar-refractivity contribution in [3.8, 4) is 23.1 Å². The van der Waals surface area contributed by atoms with Crippen LogP contribution < -0.4 is 34.2 Å². The Labute approximate surface area is 457 Å². The minimum absolute atomic E-state index is 0.00477. The van der Waals surface area contributed by atoms with Gasteiger partial charge in [-0.2, -0.15) is 4.98 Å². The summed E-state index contributed by atoms with van der Waals surface area (Å²) < 4.78 is 62.8. The number of sulfonamides is 1. The van der Waals surface area contributed by atoms with Crippen molar-refractivity contribution in [2.45, 2.75) is 114 Å². The molecule has 78 heavy (non-hydrogen) atoms. The summed E-state index contributed by atoms with van der Waals surface area (Å²) in [4.78, 5) is 33.0. The second-order valence-electron chi connectivity index (χ2n) is 22.7. The van der Waals surface area contributed by atoms with Gasteiger partial charge in [-0.05, 0) is 136 Å². The molecule has 0 unspecified atom stereocenters. The van der Waals surface area contributed by atoms with Crippen molar-refractivity contribution in [3.63, 3.8) is 0 Å². The Morgan fingerprint density at radius 3 is 2.44 bits per heavy atom. The minimum atomic E-state index is -4.61. The first-order chi connectivity index (χ1) is 37.3. The summed E-state index contributed by atoms with van der Waals surface area (Å²) in [6.07, 6.45) is 9.30. The standard InChI is InChI=1S/C59H73FN9O8S/c1-37(2)44-10-8-9-11-45(44)50-36-67(35-40-13-12-38(3)51(26-40)75-6)24-25-69(50)42-30-59(31-42)20-22-68(23-21-59)41-14-15-46(52(27-41)77-53-29-47-48(60)34-63-54(47)64-57(53)76-7)56(70)65-78(73,74)43-28-49(66(5)72)55(62-33-43)61-32-39-16-18-58(4,71)19-17-39/h8-15,26-29,33-34,37,39,42,50,71H,16-25,30-32,35-36H2,1-7H3,(H,61,62)(H,63,64)(H,65,70)/q-1/t39?,50-,58?/m0/s1. The molecule has 6 aromatic rings. The molecule has 19 heteroatoms. The summed E-state index contributed by atoms with van der Waals surface area (Å²) in [7, 11) is -0.241. The van der Waals surface area contributed by atoms with E-state index >= 15 is 0 Å². The van der Waals surface area contributed by atoms with Crippen LogP contribution in [0.1, 0.15) is 117 Å². The number of aromatic nitrogens is 3. The molecular formula is C59H73FN9O8S-. The number of aromatic amines is 1. The fourth-order valence-corrected chi connectivity index (χ4v) is 13.3. The zero-order valence-electron chi connectivity index (χ0n) is 45.8. The highest BCUT2D eigenvalue weighted by atomic mass is 32.2. The lowest BCUT2D eigenvalue weighted by Gasteiger charge is -2.58. The number of aryl methyl sites for hydroxylation is 1. The molecule has 3 aromatic carbocycles. The SMILES string of the molecule is COc1cc(CN2CCN(C3CC4(CCN(c5ccc(C(=O)NS(=O)(=O)c6cnc(NCC7CCC(C)(O)CC7)c(N(C)[O-])c6)c(Oc6cc7c(F)c[nH]c7nc6OC)c5)CC4)C3)[C@H](c3ccccc3C(C)C)C2)ccc1C. The van der Waals surface area contributed by atoms with Gasteiger partial charge < -0.3 is 44.8 Å². The number of carbonyl (C=O) groups excluding carboxylic acids is 1. The lowest BCUT2D eigenvalue weighted by molar-refractivity contribution is -0.0628. The molecule has 1 spiro atoms. The van der Waals surface area contributed by atoms with Gasteiger partial charge in [0.1, 0.15) is 33.7 Å². The number of piperazine rings is 1. The van der Waals surface area contributed by atoms with Gasteiger partial charge in [-0.3, -0.25) is 14.6 Å². The van der Waals surface area contributed by atoms with Crippen molar-refractivity contribution in [3.05, 3.63) is 124 Å². The molecule has 2 saturated heterocycles. The number of hydrogen-bond acceptors (Lipinski definition) is 15. The molecule has 10 rings (SSSR count). The van der Waals surface area contributed by atoms with E-state index in [9.17, 15) is 27.9 Å². The van der Waals surface area contributed by atoms with E-state index in [4.69, 9.17) is 14.2 Å². The van der Waals surface area contributed by atoms with Gasteiger partial charge >= 0.3 is 0 Å². The van der Waals surface area contributed by atoms with Crippen LogP contribution in [0.15, 0.2) is 90.1 Å². The van der Waals surface area contributed by atoms with Gasteiger partial charge in [-0.15, -0.1) is 0 Å². The number of nitrogens with one attached hydrogen (secondary N) is 3. The summed E-state index contributed by atoms with van der Waals surface area (Å²) in [5.74, 6) is 0.188. The number of pyridine rings is 2. The number of anilines is 3. The van der Waals surface area contributed by atoms with Gasteiger partial charge in [0.2, 0.25) is 0 Å². The van der Waals surface area contributed by atoms with E-state index in [1.54, 1.807) is 19.2 Å². The third kappa shape index (κ3) is 11.6. The molecule has 2 aliphatic heterocycles. The molecule has 4 aliphatic rings. The summed E-state index contributed by atoms with van der Waals surface area (Å²) in [5.41, 5.74) is 5.52. The molecule has 0 radical (unpaired) electrons. The zero-order valence-corrected chi connectivity index (χ0v) is 46.6. The van der Waals surface area contributed by atoms with Crippen molar-refractivity contribution in [2.24, 2.45) is 11.3 Å². The summed E-state index contributed by atoms with van der Waals surface area (Å²) in [6, 6.07) is 23.8. The van der Waals surface area contributed by atoms with Crippen LogP contribution in [0.5, 0.6) is 23.1 Å². The number of piperidine rings is 1. The van der Waals surface area contributed by atoms with Gasteiger partial charge in [0, 0.05) is 88.1 Å². The van der Waals surface area contributed by atoms with E-state index < -0.39 is 32.2 Å². The van der Waals surface area contributed by atoms with Crippen LogP contribution >= 0.6 is 0 Å². The van der Waals surface area contributed by atoms with E-state index in [1.807, 2.05) is 6.92 Å². The van der Waals surface area contributed by atoms with E-state index in [2.05, 4.69) is 103 Å². The number of fused-ring (bicyclic) bond motifs is 1. The molecule has 3 aromatic heterocycles. The molecule has 1 atom stereocenters. The Morgan fingerprint density at radius 2 is 1.72 bits per heavy atom. The van der Waals surface area contributed by atoms with Gasteiger partial charge in [-0.25, -0.2) is 22.5 Å². The molecule has 5 heterocycles. The molecular weight excluding hydrogens is 1010 g/mol. The van der Waals surface area contributed by atoms with E-state index in [0.29, 0.717) is 36.4 Å². The maximum absolute atomic E-state index is 15.0. The fraction of sp³-hybridized carbons (Fsp3) is 0.475. The maximum atomic E-state index is 15.0. The Balaban J connectivity index is 0.856. The van der Waals surface area contributed by atoms with Crippen molar-refractivity contribution in [2.75, 3.05) is 75.8 Å². The first-order valence-corrected chi connectivity index (χ1v) is 28.7. The quantitative estimate of drug-likeness (QED) is 0.0629. The number of benzene rings is 3. The number of ether oxygens (including phenoxy) is 3. The van der Waals surface area contributed by atoms with E-state index in [-0.39, 0.29) is 62.9 Å². The molecule has 0 bridgehead atoms. The number of nitrogens with zero attached hydrogens (tertiary/aromatic N) is 6. The summed E-state index contributed by atoms with van der Waals surface area (Å²) in [5, 5.41) is 27.0. The molecule has 4 fully saturated rings. The first kappa shape index (κ1) is 54.8. The second kappa shape index (κ2) is 22.3. The number of amides is 1. The molecule has 2 aliphatic carbocycles. The molecule has 2 saturated carbocycles. The van der Waals surface area contributed by atoms with Gasteiger partial charge in [0.05, 0.1) is 36.5 Å². The third-order valence-corrected chi connectivity index (χ3v) is 18.3. The van der Waals surface area contributed by atoms with Gasteiger partial charge in [0.25, 0.3) is 21.8 Å². The van der Waals surface area contributed by atoms with Crippen LogP contribution in [-0.2, 0) is 16.6 Å². The number of carbonyl (C=O) groups is 1. The number of H-pyrrole nitrogens is 1. The van der Waals surface area contributed by atoms with E-state index in [1.165, 1.54) is 55.2 Å². The van der Waals surface area contributed by atoms with Crippen LogP contribution in [0.2, 0.25) is 0 Å². The van der Waals surface area contributed by atoms with Gasteiger partial charge in [0.15, 0.2) is 5.75 Å². The Bertz CT molecular complexity index is 3250. The number of rotatable bonds is 17.